The van der Waals surface area contributed by atoms with Crippen LogP contribution in [0.25, 0.3) is 0 Å². The number of halogens is 2. The standard InChI is InChI=1S/C13H13Cl2N3O2S/c14-10-2-1-3-11(15)9(10)6-21(19,20)7-12-16-13(18-17-12)8-4-5-8/h1-3,8H,4-7H2,(H,16,17,18). The van der Waals surface area contributed by atoms with Crippen molar-refractivity contribution in [1.29, 1.82) is 0 Å². The summed E-state index contributed by atoms with van der Waals surface area (Å²) >= 11 is 12.0. The van der Waals surface area contributed by atoms with Crippen LogP contribution in [0.15, 0.2) is 18.2 Å². The molecular formula is C13H13Cl2N3O2S. The highest BCUT2D eigenvalue weighted by Crippen LogP contribution is 2.37. The fourth-order valence-corrected chi connectivity index (χ4v) is 4.14. The molecule has 1 aliphatic rings. The van der Waals surface area contributed by atoms with Crippen LogP contribution in [-0.2, 0) is 21.3 Å². The van der Waals surface area contributed by atoms with E-state index in [9.17, 15) is 8.42 Å². The van der Waals surface area contributed by atoms with E-state index < -0.39 is 9.84 Å². The van der Waals surface area contributed by atoms with Gasteiger partial charge in [0, 0.05) is 21.5 Å². The molecule has 0 spiro atoms. The van der Waals surface area contributed by atoms with Gasteiger partial charge in [0.25, 0.3) is 0 Å². The molecule has 1 heterocycles. The Morgan fingerprint density at radius 3 is 2.48 bits per heavy atom. The number of nitrogens with zero attached hydrogens (tertiary/aromatic N) is 2. The third-order valence-corrected chi connectivity index (χ3v) is 5.42. The number of rotatable bonds is 5. The van der Waals surface area contributed by atoms with Crippen molar-refractivity contribution in [1.82, 2.24) is 15.2 Å². The van der Waals surface area contributed by atoms with Gasteiger partial charge in [-0.15, -0.1) is 0 Å². The molecule has 5 nitrogen and oxygen atoms in total. The molecule has 0 atom stereocenters. The molecule has 1 aromatic carbocycles. The number of nitrogens with one attached hydrogen (secondary N) is 1. The van der Waals surface area contributed by atoms with Crippen molar-refractivity contribution >= 4 is 33.0 Å². The molecule has 8 heteroatoms. The van der Waals surface area contributed by atoms with Crippen molar-refractivity contribution in [3.05, 3.63) is 45.5 Å². The molecule has 0 bridgehead atoms. The van der Waals surface area contributed by atoms with Crippen LogP contribution in [0.4, 0.5) is 0 Å². The average Bonchev–Trinajstić information content (AvgIpc) is 3.15. The van der Waals surface area contributed by atoms with Gasteiger partial charge in [-0.1, -0.05) is 29.3 Å². The van der Waals surface area contributed by atoms with Crippen molar-refractivity contribution in [3.8, 4) is 0 Å². The maximum atomic E-state index is 12.3. The SMILES string of the molecule is O=S(=O)(Cc1nc(C2CC2)n[nH]1)Cc1c(Cl)cccc1Cl. The van der Waals surface area contributed by atoms with Crippen molar-refractivity contribution in [2.45, 2.75) is 30.3 Å². The number of hydrogen-bond donors (Lipinski definition) is 1. The van der Waals surface area contributed by atoms with Crippen molar-refractivity contribution in [3.63, 3.8) is 0 Å². The minimum Gasteiger partial charge on any atom is -0.262 e. The summed E-state index contributed by atoms with van der Waals surface area (Å²) in [5.74, 6) is 1.03. The minimum atomic E-state index is -3.43. The fraction of sp³-hybridized carbons (Fsp3) is 0.385. The van der Waals surface area contributed by atoms with E-state index >= 15 is 0 Å². The zero-order valence-corrected chi connectivity index (χ0v) is 13.3. The molecule has 0 saturated heterocycles. The molecule has 21 heavy (non-hydrogen) atoms. The van der Waals surface area contributed by atoms with Crippen LogP contribution >= 0.6 is 23.2 Å². The third-order valence-electron chi connectivity index (χ3n) is 3.27. The van der Waals surface area contributed by atoms with E-state index in [0.29, 0.717) is 33.2 Å². The van der Waals surface area contributed by atoms with E-state index in [1.165, 1.54) is 0 Å². The highest BCUT2D eigenvalue weighted by atomic mass is 35.5. The molecule has 112 valence electrons. The lowest BCUT2D eigenvalue weighted by Crippen LogP contribution is -2.09. The first-order valence-corrected chi connectivity index (χ1v) is 9.07. The highest BCUT2D eigenvalue weighted by molar-refractivity contribution is 7.89. The van der Waals surface area contributed by atoms with Crippen molar-refractivity contribution in [2.24, 2.45) is 0 Å². The molecule has 3 rings (SSSR count). The molecule has 1 aliphatic carbocycles. The number of benzene rings is 1. The normalized spacial score (nSPS) is 15.3. The van der Waals surface area contributed by atoms with Gasteiger partial charge in [-0.25, -0.2) is 13.4 Å². The van der Waals surface area contributed by atoms with Crippen LogP contribution in [-0.4, -0.2) is 23.6 Å². The topological polar surface area (TPSA) is 75.7 Å². The molecule has 0 amide bonds. The average molecular weight is 346 g/mol. The van der Waals surface area contributed by atoms with Crippen molar-refractivity contribution < 1.29 is 8.42 Å². The van der Waals surface area contributed by atoms with Gasteiger partial charge in [0.05, 0.1) is 5.75 Å². The van der Waals surface area contributed by atoms with E-state index in [0.717, 1.165) is 12.8 Å². The second kappa shape index (κ2) is 5.59. The Morgan fingerprint density at radius 2 is 1.86 bits per heavy atom. The first kappa shape index (κ1) is 14.8. The van der Waals surface area contributed by atoms with Gasteiger partial charge in [0.1, 0.15) is 11.6 Å². The predicted octanol–water partition coefficient (Wildman–Crippen LogP) is 3.10. The summed E-state index contributed by atoms with van der Waals surface area (Å²) in [4.78, 5) is 4.23. The van der Waals surface area contributed by atoms with Crippen LogP contribution in [0.5, 0.6) is 0 Å². The first-order valence-electron chi connectivity index (χ1n) is 6.49. The maximum absolute atomic E-state index is 12.3. The summed E-state index contributed by atoms with van der Waals surface area (Å²) in [6.07, 6.45) is 2.14. The summed E-state index contributed by atoms with van der Waals surface area (Å²) in [5.41, 5.74) is 0.419. The van der Waals surface area contributed by atoms with Crippen LogP contribution in [0.1, 0.15) is 36.0 Å². The molecule has 1 aromatic heterocycles. The Labute approximate surface area is 132 Å². The van der Waals surface area contributed by atoms with Gasteiger partial charge in [-0.2, -0.15) is 5.10 Å². The van der Waals surface area contributed by atoms with E-state index in [2.05, 4.69) is 15.2 Å². The Morgan fingerprint density at radius 1 is 1.19 bits per heavy atom. The Balaban J connectivity index is 1.77. The van der Waals surface area contributed by atoms with Gasteiger partial charge >= 0.3 is 0 Å². The summed E-state index contributed by atoms with van der Waals surface area (Å²) in [5, 5.41) is 7.44. The number of hydrogen-bond acceptors (Lipinski definition) is 4. The third kappa shape index (κ3) is 3.56. The zero-order chi connectivity index (χ0) is 15.0. The lowest BCUT2D eigenvalue weighted by molar-refractivity contribution is 0.593. The van der Waals surface area contributed by atoms with E-state index in [-0.39, 0.29) is 11.5 Å². The smallest absolute Gasteiger partial charge is 0.161 e. The van der Waals surface area contributed by atoms with E-state index in [1.54, 1.807) is 18.2 Å². The second-order valence-corrected chi connectivity index (χ2v) is 8.03. The molecule has 0 aliphatic heterocycles. The van der Waals surface area contributed by atoms with Gasteiger partial charge in [-0.3, -0.25) is 5.10 Å². The Hall–Kier alpha value is -1.11. The van der Waals surface area contributed by atoms with Crippen molar-refractivity contribution in [2.75, 3.05) is 0 Å². The van der Waals surface area contributed by atoms with Crippen LogP contribution in [0.3, 0.4) is 0 Å². The van der Waals surface area contributed by atoms with Crippen LogP contribution in [0.2, 0.25) is 10.0 Å². The summed E-state index contributed by atoms with van der Waals surface area (Å²) in [6, 6.07) is 4.93. The number of H-pyrrole nitrogens is 1. The maximum Gasteiger partial charge on any atom is 0.161 e. The summed E-state index contributed by atoms with van der Waals surface area (Å²) in [6.45, 7) is 0. The molecular weight excluding hydrogens is 333 g/mol. The largest absolute Gasteiger partial charge is 0.262 e. The van der Waals surface area contributed by atoms with E-state index in [1.807, 2.05) is 0 Å². The second-order valence-electron chi connectivity index (χ2n) is 5.15. The minimum absolute atomic E-state index is 0.200. The summed E-state index contributed by atoms with van der Waals surface area (Å²) in [7, 11) is -3.43. The van der Waals surface area contributed by atoms with Gasteiger partial charge < -0.3 is 0 Å². The van der Waals surface area contributed by atoms with Crippen LogP contribution < -0.4 is 0 Å². The molecule has 0 unspecified atom stereocenters. The Bertz CT molecular complexity index is 749. The lowest BCUT2D eigenvalue weighted by atomic mass is 10.2. The molecule has 1 saturated carbocycles. The number of aromatic nitrogens is 3. The predicted molar refractivity (Wildman–Crippen MR) is 81.1 cm³/mol. The van der Waals surface area contributed by atoms with Crippen LogP contribution in [0, 0.1) is 0 Å². The Kier molecular flexibility index (Phi) is 3.94. The molecule has 0 radical (unpaired) electrons. The number of sulfone groups is 1. The van der Waals surface area contributed by atoms with Gasteiger partial charge in [-0.05, 0) is 25.0 Å². The summed E-state index contributed by atoms with van der Waals surface area (Å²) < 4.78 is 24.5. The quantitative estimate of drug-likeness (QED) is 0.903. The monoisotopic (exact) mass is 345 g/mol. The fourth-order valence-electron chi connectivity index (χ4n) is 2.05. The molecule has 1 fully saturated rings. The van der Waals surface area contributed by atoms with Gasteiger partial charge in [0.2, 0.25) is 0 Å². The highest BCUT2D eigenvalue weighted by Gasteiger charge is 2.28. The molecule has 2 aromatic rings. The first-order chi connectivity index (χ1) is 9.94. The number of aromatic amines is 1. The van der Waals surface area contributed by atoms with E-state index in [4.69, 9.17) is 23.2 Å². The zero-order valence-electron chi connectivity index (χ0n) is 11.0. The van der Waals surface area contributed by atoms with Gasteiger partial charge in [0.15, 0.2) is 15.7 Å². The molecule has 1 N–H and O–H groups in total. The lowest BCUT2D eigenvalue weighted by Gasteiger charge is -2.07.